The second-order valence-electron chi connectivity index (χ2n) is 5.00. The van der Waals surface area contributed by atoms with Crippen molar-refractivity contribution in [3.8, 4) is 0 Å². The van der Waals surface area contributed by atoms with Crippen molar-refractivity contribution in [3.63, 3.8) is 0 Å². The number of hydrogen-bond donors (Lipinski definition) is 0. The Bertz CT molecular complexity index is 290. The Morgan fingerprint density at radius 2 is 1.33 bits per heavy atom. The molecule has 0 aromatic rings. The largest absolute Gasteiger partial charge is 0.545 e. The fourth-order valence-corrected chi connectivity index (χ4v) is 1.95. The number of hydrogen-bond acceptors (Lipinski definition) is 4. The number of carbonyl (C=O) groups excluding carboxylic acids is 2. The van der Waals surface area contributed by atoms with Gasteiger partial charge in [0.15, 0.2) is 0 Å². The average Bonchev–Trinajstić information content (AvgIpc) is 2.42. The van der Waals surface area contributed by atoms with Crippen LogP contribution >= 0.6 is 0 Å². The van der Waals surface area contributed by atoms with Gasteiger partial charge in [-0.15, -0.1) is 0 Å². The first kappa shape index (κ1) is 22.6. The normalized spacial score (nSPS) is 10.3. The van der Waals surface area contributed by atoms with Gasteiger partial charge in [-0.1, -0.05) is 64.7 Å². The standard InChI is InChI=1S/C16H28O4.Zn/c1-2-3-4-5-6-7-8-9-10-11-14-20-16(19)13-12-15(17)18;/h12-13H,2-11,14H2,1H3,(H,17,18);/p-1/b13-12-;. The number of aliphatic carboxylic acids is 1. The second kappa shape index (κ2) is 17.4. The van der Waals surface area contributed by atoms with E-state index in [1.807, 2.05) is 0 Å². The molecule has 0 aromatic heterocycles. The van der Waals surface area contributed by atoms with E-state index in [0.717, 1.165) is 18.9 Å². The maximum absolute atomic E-state index is 11.0. The molecule has 0 aliphatic rings. The van der Waals surface area contributed by atoms with E-state index in [-0.39, 0.29) is 19.5 Å². The van der Waals surface area contributed by atoms with Gasteiger partial charge in [-0.3, -0.25) is 0 Å². The molecule has 0 heterocycles. The molecular weight excluding hydrogens is 322 g/mol. The van der Waals surface area contributed by atoms with Crippen LogP contribution in [0.5, 0.6) is 0 Å². The fourth-order valence-electron chi connectivity index (χ4n) is 1.95. The van der Waals surface area contributed by atoms with E-state index >= 15 is 0 Å². The van der Waals surface area contributed by atoms with Crippen molar-refractivity contribution in [2.45, 2.75) is 71.1 Å². The Labute approximate surface area is 141 Å². The molecule has 118 valence electrons. The number of esters is 1. The number of ether oxygens (including phenoxy) is 1. The predicted octanol–water partition coefficient (Wildman–Crippen LogP) is 2.75. The van der Waals surface area contributed by atoms with Crippen LogP contribution in [0.25, 0.3) is 0 Å². The molecule has 0 bridgehead atoms. The van der Waals surface area contributed by atoms with E-state index in [1.54, 1.807) is 0 Å². The summed E-state index contributed by atoms with van der Waals surface area (Å²) in [4.78, 5) is 21.1. The van der Waals surface area contributed by atoms with Crippen LogP contribution < -0.4 is 5.11 Å². The van der Waals surface area contributed by atoms with Crippen molar-refractivity contribution in [1.82, 2.24) is 0 Å². The second-order valence-corrected chi connectivity index (χ2v) is 5.00. The summed E-state index contributed by atoms with van der Waals surface area (Å²) >= 11 is 0. The van der Waals surface area contributed by atoms with Crippen LogP contribution in [0, 0.1) is 0 Å². The Hall–Kier alpha value is -0.697. The summed E-state index contributed by atoms with van der Waals surface area (Å²) in [5.74, 6) is -2.01. The number of carboxylic acid groups (broad SMARTS) is 1. The van der Waals surface area contributed by atoms with Crippen LogP contribution in [-0.2, 0) is 33.8 Å². The van der Waals surface area contributed by atoms with Gasteiger partial charge in [-0.05, 0) is 12.5 Å². The molecule has 5 heteroatoms. The molecule has 0 aliphatic carbocycles. The Morgan fingerprint density at radius 3 is 1.81 bits per heavy atom. The van der Waals surface area contributed by atoms with Crippen LogP contribution in [0.1, 0.15) is 71.1 Å². The molecule has 0 radical (unpaired) electrons. The monoisotopic (exact) mass is 347 g/mol. The van der Waals surface area contributed by atoms with Gasteiger partial charge in [0.1, 0.15) is 0 Å². The summed E-state index contributed by atoms with van der Waals surface area (Å²) in [6, 6.07) is 0. The van der Waals surface area contributed by atoms with Crippen LogP contribution in [0.15, 0.2) is 12.2 Å². The Balaban J connectivity index is 0. The molecule has 0 rings (SSSR count). The summed E-state index contributed by atoms with van der Waals surface area (Å²) in [6.45, 7) is 2.58. The van der Waals surface area contributed by atoms with Crippen molar-refractivity contribution < 1.29 is 38.9 Å². The van der Waals surface area contributed by atoms with Gasteiger partial charge < -0.3 is 14.6 Å². The van der Waals surface area contributed by atoms with Crippen LogP contribution in [-0.4, -0.2) is 18.5 Å². The summed E-state index contributed by atoms with van der Waals surface area (Å²) in [5, 5.41) is 10.1. The first-order valence-electron chi connectivity index (χ1n) is 7.72. The molecule has 0 saturated heterocycles. The molecule has 0 atom stereocenters. The number of unbranched alkanes of at least 4 members (excludes halogenated alkanes) is 9. The van der Waals surface area contributed by atoms with Crippen molar-refractivity contribution in [2.24, 2.45) is 0 Å². The molecular formula is C16H27O4Zn-. The van der Waals surface area contributed by atoms with Crippen molar-refractivity contribution in [2.75, 3.05) is 6.61 Å². The van der Waals surface area contributed by atoms with E-state index in [1.165, 1.54) is 51.4 Å². The average molecular weight is 349 g/mol. The molecule has 0 N–H and O–H groups in total. The zero-order valence-corrected chi connectivity index (χ0v) is 16.2. The molecule has 0 spiro atoms. The first-order chi connectivity index (χ1) is 9.66. The van der Waals surface area contributed by atoms with E-state index in [9.17, 15) is 14.7 Å². The van der Waals surface area contributed by atoms with Crippen LogP contribution in [0.3, 0.4) is 0 Å². The van der Waals surface area contributed by atoms with Crippen molar-refractivity contribution in [1.29, 1.82) is 0 Å². The van der Waals surface area contributed by atoms with Gasteiger partial charge in [-0.2, -0.15) is 0 Å². The van der Waals surface area contributed by atoms with Gasteiger partial charge in [0.2, 0.25) is 0 Å². The molecule has 0 fully saturated rings. The molecule has 21 heavy (non-hydrogen) atoms. The quantitative estimate of drug-likeness (QED) is 0.222. The third kappa shape index (κ3) is 19.3. The zero-order valence-electron chi connectivity index (χ0n) is 13.3. The maximum Gasteiger partial charge on any atom is 0.330 e. The van der Waals surface area contributed by atoms with Gasteiger partial charge in [0.25, 0.3) is 0 Å². The Kier molecular flexibility index (Phi) is 18.7. The number of carbonyl (C=O) groups is 2. The zero-order chi connectivity index (χ0) is 15.1. The number of rotatable bonds is 13. The van der Waals surface area contributed by atoms with Gasteiger partial charge in [0, 0.05) is 25.6 Å². The van der Waals surface area contributed by atoms with E-state index < -0.39 is 11.9 Å². The SMILES string of the molecule is CCCCCCCCCCCCOC(=O)/C=C\C(=O)[O-].[Zn]. The molecule has 0 aromatic carbocycles. The fraction of sp³-hybridized carbons (Fsp3) is 0.750. The maximum atomic E-state index is 11.0. The first-order valence-corrected chi connectivity index (χ1v) is 7.72. The Morgan fingerprint density at radius 1 is 0.857 bits per heavy atom. The molecule has 0 aliphatic heterocycles. The minimum absolute atomic E-state index is 0. The van der Waals surface area contributed by atoms with Crippen molar-refractivity contribution in [3.05, 3.63) is 12.2 Å². The van der Waals surface area contributed by atoms with Gasteiger partial charge in [-0.25, -0.2) is 4.79 Å². The molecule has 4 nitrogen and oxygen atoms in total. The van der Waals surface area contributed by atoms with E-state index in [0.29, 0.717) is 12.7 Å². The van der Waals surface area contributed by atoms with Gasteiger partial charge in [0.05, 0.1) is 12.6 Å². The summed E-state index contributed by atoms with van der Waals surface area (Å²) in [7, 11) is 0. The van der Waals surface area contributed by atoms with Crippen molar-refractivity contribution >= 4 is 11.9 Å². The third-order valence-electron chi connectivity index (χ3n) is 3.10. The van der Waals surface area contributed by atoms with E-state index in [2.05, 4.69) is 6.92 Å². The minimum Gasteiger partial charge on any atom is -0.545 e. The summed E-state index contributed by atoms with van der Waals surface area (Å²) in [6.07, 6.45) is 13.8. The molecule has 0 amide bonds. The predicted molar refractivity (Wildman–Crippen MR) is 77.0 cm³/mol. The van der Waals surface area contributed by atoms with Crippen LogP contribution in [0.2, 0.25) is 0 Å². The number of carboxylic acids is 1. The smallest absolute Gasteiger partial charge is 0.330 e. The van der Waals surface area contributed by atoms with Crippen LogP contribution in [0.4, 0.5) is 0 Å². The summed E-state index contributed by atoms with van der Waals surface area (Å²) in [5.41, 5.74) is 0. The third-order valence-corrected chi connectivity index (χ3v) is 3.10. The molecule has 0 saturated carbocycles. The summed E-state index contributed by atoms with van der Waals surface area (Å²) < 4.78 is 4.85. The minimum atomic E-state index is -1.39. The van der Waals surface area contributed by atoms with E-state index in [4.69, 9.17) is 4.74 Å². The molecule has 0 unspecified atom stereocenters. The van der Waals surface area contributed by atoms with Gasteiger partial charge >= 0.3 is 5.97 Å². The topological polar surface area (TPSA) is 66.4 Å².